The van der Waals surface area contributed by atoms with Gasteiger partial charge in [0.2, 0.25) is 18.0 Å². The Morgan fingerprint density at radius 1 is 1.15 bits per heavy atom. The van der Waals surface area contributed by atoms with Crippen molar-refractivity contribution in [1.29, 1.82) is 0 Å². The minimum atomic E-state index is -1.73. The molecule has 26 heavy (non-hydrogen) atoms. The first-order valence-corrected chi connectivity index (χ1v) is 9.44. The Bertz CT molecular complexity index is 625. The van der Waals surface area contributed by atoms with Crippen LogP contribution in [-0.4, -0.2) is 90.7 Å². The van der Waals surface area contributed by atoms with Crippen LogP contribution in [0.2, 0.25) is 0 Å². The molecule has 0 spiro atoms. The fourth-order valence-corrected chi connectivity index (χ4v) is 3.80. The molecule has 2 atom stereocenters. The highest BCUT2D eigenvalue weighted by atomic mass is 19.1. The summed E-state index contributed by atoms with van der Waals surface area (Å²) in [5.41, 5.74) is 0.240. The highest BCUT2D eigenvalue weighted by molar-refractivity contribution is 6.18. The molecule has 3 aliphatic heterocycles. The van der Waals surface area contributed by atoms with E-state index in [1.165, 1.54) is 0 Å². The predicted molar refractivity (Wildman–Crippen MR) is 98.0 cm³/mol. The molecule has 0 saturated carbocycles. The second-order valence-corrected chi connectivity index (χ2v) is 7.72. The van der Waals surface area contributed by atoms with Gasteiger partial charge in [0.05, 0.1) is 11.6 Å². The highest BCUT2D eigenvalue weighted by Gasteiger charge is 2.34. The number of rotatable bonds is 2. The highest BCUT2D eigenvalue weighted by Crippen LogP contribution is 2.20. The van der Waals surface area contributed by atoms with E-state index in [1.807, 2.05) is 23.6 Å². The summed E-state index contributed by atoms with van der Waals surface area (Å²) in [4.78, 5) is 38.7. The van der Waals surface area contributed by atoms with Crippen LogP contribution in [0.25, 0.3) is 0 Å². The van der Waals surface area contributed by atoms with Crippen molar-refractivity contribution in [3.63, 3.8) is 0 Å². The van der Waals surface area contributed by atoms with Crippen molar-refractivity contribution in [2.75, 3.05) is 46.3 Å². The van der Waals surface area contributed by atoms with Gasteiger partial charge in [-0.2, -0.15) is 4.99 Å². The van der Waals surface area contributed by atoms with Crippen molar-refractivity contribution < 1.29 is 14.0 Å². The number of likely N-dealkylation sites (tertiary alicyclic amines) is 1. The number of hydrogen-bond donors (Lipinski definition) is 0. The third-order valence-electron chi connectivity index (χ3n) is 5.36. The van der Waals surface area contributed by atoms with Crippen LogP contribution in [0.5, 0.6) is 0 Å². The van der Waals surface area contributed by atoms with Gasteiger partial charge in [-0.3, -0.25) is 9.59 Å². The Morgan fingerprint density at radius 2 is 1.85 bits per heavy atom. The lowest BCUT2D eigenvalue weighted by molar-refractivity contribution is -0.138. The summed E-state index contributed by atoms with van der Waals surface area (Å²) in [6.07, 6.45) is 0.276. The van der Waals surface area contributed by atoms with Gasteiger partial charge in [-0.1, -0.05) is 13.8 Å². The Balaban J connectivity index is 1.61. The van der Waals surface area contributed by atoms with Gasteiger partial charge in [-0.25, -0.2) is 9.38 Å². The van der Waals surface area contributed by atoms with Crippen LogP contribution in [0.4, 0.5) is 4.39 Å². The molecule has 2 unspecified atom stereocenters. The lowest BCUT2D eigenvalue weighted by Gasteiger charge is -2.39. The maximum absolute atomic E-state index is 14.0. The normalized spacial score (nSPS) is 28.3. The van der Waals surface area contributed by atoms with Crippen LogP contribution in [0.15, 0.2) is 9.98 Å². The molecule has 0 aliphatic carbocycles. The van der Waals surface area contributed by atoms with Gasteiger partial charge in [0.25, 0.3) is 5.91 Å². The molecular weight excluding hydrogens is 337 g/mol. The Hall–Kier alpha value is -1.83. The molecule has 7 nitrogen and oxygen atoms in total. The van der Waals surface area contributed by atoms with Crippen molar-refractivity contribution in [3.05, 3.63) is 0 Å². The van der Waals surface area contributed by atoms with E-state index < -0.39 is 12.1 Å². The maximum Gasteiger partial charge on any atom is 0.289 e. The molecule has 0 aromatic rings. The SMILES string of the molecule is CC(C)C1=NC(N2CCN(C(=O)C3CCCN(C)C3)CC2)=NC(=O)C1F. The van der Waals surface area contributed by atoms with Gasteiger partial charge in [-0.05, 0) is 32.4 Å². The van der Waals surface area contributed by atoms with Crippen LogP contribution in [-0.2, 0) is 9.59 Å². The van der Waals surface area contributed by atoms with Crippen LogP contribution >= 0.6 is 0 Å². The number of carbonyl (C=O) groups is 2. The fraction of sp³-hybridized carbons (Fsp3) is 0.778. The first kappa shape index (κ1) is 18.9. The number of alkyl halides is 1. The summed E-state index contributed by atoms with van der Waals surface area (Å²) in [6.45, 7) is 7.80. The van der Waals surface area contributed by atoms with Gasteiger partial charge < -0.3 is 14.7 Å². The van der Waals surface area contributed by atoms with E-state index in [1.54, 1.807) is 0 Å². The molecular formula is C18H28FN5O2. The number of halogens is 1. The molecule has 2 fully saturated rings. The predicted octanol–water partition coefficient (Wildman–Crippen LogP) is 0.804. The van der Waals surface area contributed by atoms with Crippen LogP contribution in [0.3, 0.4) is 0 Å². The number of hydrogen-bond acceptors (Lipinski definition) is 5. The van der Waals surface area contributed by atoms with Crippen molar-refractivity contribution in [3.8, 4) is 0 Å². The minimum absolute atomic E-state index is 0.0757. The van der Waals surface area contributed by atoms with Crippen LogP contribution < -0.4 is 0 Å². The van der Waals surface area contributed by atoms with E-state index in [0.717, 1.165) is 25.9 Å². The smallest absolute Gasteiger partial charge is 0.289 e. The largest absolute Gasteiger partial charge is 0.339 e. The molecule has 0 aromatic heterocycles. The fourth-order valence-electron chi connectivity index (χ4n) is 3.80. The molecule has 0 N–H and O–H groups in total. The first-order chi connectivity index (χ1) is 12.4. The maximum atomic E-state index is 14.0. The van der Waals surface area contributed by atoms with Crippen molar-refractivity contribution >= 4 is 23.5 Å². The van der Waals surface area contributed by atoms with E-state index in [4.69, 9.17) is 0 Å². The van der Waals surface area contributed by atoms with Gasteiger partial charge in [-0.15, -0.1) is 0 Å². The molecule has 0 radical (unpaired) electrons. The second kappa shape index (κ2) is 7.82. The lowest BCUT2D eigenvalue weighted by Crippen LogP contribution is -2.54. The van der Waals surface area contributed by atoms with Gasteiger partial charge in [0.15, 0.2) is 0 Å². The van der Waals surface area contributed by atoms with Gasteiger partial charge >= 0.3 is 0 Å². The van der Waals surface area contributed by atoms with Crippen molar-refractivity contribution in [2.24, 2.45) is 21.8 Å². The van der Waals surface area contributed by atoms with Crippen LogP contribution in [0.1, 0.15) is 26.7 Å². The topological polar surface area (TPSA) is 68.6 Å². The molecule has 144 valence electrons. The average molecular weight is 365 g/mol. The standard InChI is InChI=1S/C18H28FN5O2/c1-12(2)15-14(19)16(25)21-18(20-15)24-9-7-23(8-10-24)17(26)13-5-4-6-22(3)11-13/h12-14H,4-11H2,1-3H3. The van der Waals surface area contributed by atoms with E-state index in [9.17, 15) is 14.0 Å². The van der Waals surface area contributed by atoms with E-state index in [-0.39, 0.29) is 29.4 Å². The van der Waals surface area contributed by atoms with E-state index >= 15 is 0 Å². The summed E-state index contributed by atoms with van der Waals surface area (Å²) >= 11 is 0. The summed E-state index contributed by atoms with van der Waals surface area (Å²) in [5, 5.41) is 0. The lowest BCUT2D eigenvalue weighted by atomic mass is 9.96. The molecule has 2 saturated heterocycles. The monoisotopic (exact) mass is 365 g/mol. The van der Waals surface area contributed by atoms with Crippen molar-refractivity contribution in [1.82, 2.24) is 14.7 Å². The van der Waals surface area contributed by atoms with Crippen LogP contribution in [0, 0.1) is 11.8 Å². The summed E-state index contributed by atoms with van der Waals surface area (Å²) in [5.74, 6) is -0.343. The number of carbonyl (C=O) groups excluding carboxylic acids is 2. The number of piperidine rings is 1. The molecule has 3 rings (SSSR count). The van der Waals surface area contributed by atoms with Gasteiger partial charge in [0.1, 0.15) is 0 Å². The zero-order valence-corrected chi connectivity index (χ0v) is 15.8. The number of amides is 2. The molecule has 2 amide bonds. The third-order valence-corrected chi connectivity index (χ3v) is 5.36. The molecule has 3 heterocycles. The van der Waals surface area contributed by atoms with Crippen molar-refractivity contribution in [2.45, 2.75) is 32.9 Å². The molecule has 0 aromatic carbocycles. The Kier molecular flexibility index (Phi) is 5.70. The minimum Gasteiger partial charge on any atom is -0.339 e. The molecule has 3 aliphatic rings. The number of piperazine rings is 1. The summed E-state index contributed by atoms with van der Waals surface area (Å²) < 4.78 is 14.0. The van der Waals surface area contributed by atoms with E-state index in [0.29, 0.717) is 26.2 Å². The zero-order valence-electron chi connectivity index (χ0n) is 15.8. The average Bonchev–Trinajstić information content (AvgIpc) is 2.63. The number of aliphatic imine (C=N–C) groups is 2. The van der Waals surface area contributed by atoms with E-state index in [2.05, 4.69) is 21.9 Å². The zero-order chi connectivity index (χ0) is 18.8. The summed E-state index contributed by atoms with van der Waals surface area (Å²) in [7, 11) is 2.05. The summed E-state index contributed by atoms with van der Waals surface area (Å²) in [6, 6.07) is 0. The Labute approximate surface area is 153 Å². The van der Waals surface area contributed by atoms with Gasteiger partial charge in [0, 0.05) is 32.7 Å². The number of nitrogens with zero attached hydrogens (tertiary/aromatic N) is 5. The molecule has 0 bridgehead atoms. The molecule has 8 heteroatoms. The number of guanidine groups is 1. The third kappa shape index (κ3) is 3.95. The first-order valence-electron chi connectivity index (χ1n) is 9.44. The quantitative estimate of drug-likeness (QED) is 0.726. The Morgan fingerprint density at radius 3 is 2.46 bits per heavy atom. The second-order valence-electron chi connectivity index (χ2n) is 7.72.